The minimum absolute atomic E-state index is 0.266. The van der Waals surface area contributed by atoms with Crippen LogP contribution in [0, 0.1) is 0 Å². The smallest absolute Gasteiger partial charge is 0.0706 e. The number of fused-ring (bicyclic) bond motifs is 1. The van der Waals surface area contributed by atoms with Crippen LogP contribution in [0.4, 0.5) is 0 Å². The Balaban J connectivity index is 1.67. The lowest BCUT2D eigenvalue weighted by molar-refractivity contribution is 0.172. The van der Waals surface area contributed by atoms with Gasteiger partial charge in [-0.2, -0.15) is 5.10 Å². The van der Waals surface area contributed by atoms with Gasteiger partial charge in [0.05, 0.1) is 12.3 Å². The standard InChI is InChI=1S/C14H16N2OS/c1-16-9-10(8-15-16)6-12(17)14-7-11-4-2-3-5-13(11)18-14/h2-5,8-9,12,14,17H,6-7H2,1H3. The number of nitrogens with zero attached hydrogens (tertiary/aromatic N) is 2. The predicted molar refractivity (Wildman–Crippen MR) is 72.7 cm³/mol. The van der Waals surface area contributed by atoms with Crippen LogP contribution in [0.1, 0.15) is 11.1 Å². The Hall–Kier alpha value is -1.26. The van der Waals surface area contributed by atoms with Crippen LogP contribution >= 0.6 is 11.8 Å². The van der Waals surface area contributed by atoms with E-state index >= 15 is 0 Å². The Kier molecular flexibility index (Phi) is 3.14. The van der Waals surface area contributed by atoms with E-state index in [9.17, 15) is 5.11 Å². The molecule has 0 aliphatic carbocycles. The van der Waals surface area contributed by atoms with Crippen LogP contribution in [0.3, 0.4) is 0 Å². The number of hydrogen-bond acceptors (Lipinski definition) is 3. The van der Waals surface area contributed by atoms with Crippen molar-refractivity contribution in [1.82, 2.24) is 9.78 Å². The molecule has 2 unspecified atom stereocenters. The van der Waals surface area contributed by atoms with Gasteiger partial charge in [0, 0.05) is 29.8 Å². The highest BCUT2D eigenvalue weighted by atomic mass is 32.2. The molecule has 1 N–H and O–H groups in total. The third-order valence-corrected chi connectivity index (χ3v) is 4.74. The normalized spacial score (nSPS) is 19.8. The van der Waals surface area contributed by atoms with E-state index in [-0.39, 0.29) is 11.4 Å². The molecule has 2 aromatic rings. The van der Waals surface area contributed by atoms with Crippen molar-refractivity contribution >= 4 is 11.8 Å². The number of hydrogen-bond donors (Lipinski definition) is 1. The van der Waals surface area contributed by atoms with Crippen LogP contribution < -0.4 is 0 Å². The second kappa shape index (κ2) is 4.78. The summed E-state index contributed by atoms with van der Waals surface area (Å²) < 4.78 is 1.78. The zero-order valence-corrected chi connectivity index (χ0v) is 11.1. The fourth-order valence-corrected chi connectivity index (χ4v) is 3.68. The van der Waals surface area contributed by atoms with Crippen molar-refractivity contribution in [2.75, 3.05) is 0 Å². The Morgan fingerprint density at radius 3 is 3.06 bits per heavy atom. The largest absolute Gasteiger partial charge is 0.392 e. The molecule has 0 spiro atoms. The van der Waals surface area contributed by atoms with Gasteiger partial charge >= 0.3 is 0 Å². The first-order chi connectivity index (χ1) is 8.72. The van der Waals surface area contributed by atoms with E-state index in [1.54, 1.807) is 16.4 Å². The number of rotatable bonds is 3. The average Bonchev–Trinajstić information content (AvgIpc) is 2.95. The third kappa shape index (κ3) is 2.31. The highest BCUT2D eigenvalue weighted by Gasteiger charge is 2.28. The van der Waals surface area contributed by atoms with Crippen molar-refractivity contribution in [3.8, 4) is 0 Å². The molecule has 0 radical (unpaired) electrons. The van der Waals surface area contributed by atoms with Crippen molar-refractivity contribution in [2.45, 2.75) is 29.1 Å². The van der Waals surface area contributed by atoms with E-state index in [0.29, 0.717) is 6.42 Å². The van der Waals surface area contributed by atoms with E-state index in [0.717, 1.165) is 12.0 Å². The quantitative estimate of drug-likeness (QED) is 0.917. The maximum absolute atomic E-state index is 10.3. The topological polar surface area (TPSA) is 38.0 Å². The molecule has 1 aromatic carbocycles. The maximum Gasteiger partial charge on any atom is 0.0706 e. The number of aliphatic hydroxyl groups is 1. The Morgan fingerprint density at radius 2 is 2.33 bits per heavy atom. The molecule has 2 atom stereocenters. The minimum Gasteiger partial charge on any atom is -0.392 e. The van der Waals surface area contributed by atoms with Gasteiger partial charge in [0.15, 0.2) is 0 Å². The van der Waals surface area contributed by atoms with Gasteiger partial charge in [0.1, 0.15) is 0 Å². The molecule has 3 nitrogen and oxygen atoms in total. The summed E-state index contributed by atoms with van der Waals surface area (Å²) >= 11 is 1.79. The Morgan fingerprint density at radius 1 is 1.50 bits per heavy atom. The number of aliphatic hydroxyl groups excluding tert-OH is 1. The van der Waals surface area contributed by atoms with Crippen molar-refractivity contribution in [2.24, 2.45) is 7.05 Å². The molecular weight excluding hydrogens is 244 g/mol. The van der Waals surface area contributed by atoms with E-state index in [1.165, 1.54) is 10.5 Å². The minimum atomic E-state index is -0.313. The summed E-state index contributed by atoms with van der Waals surface area (Å²) in [6.45, 7) is 0. The van der Waals surface area contributed by atoms with E-state index in [4.69, 9.17) is 0 Å². The molecule has 1 aliphatic heterocycles. The van der Waals surface area contributed by atoms with Crippen molar-refractivity contribution in [3.05, 3.63) is 47.8 Å². The number of thioether (sulfide) groups is 1. The fraction of sp³-hybridized carbons (Fsp3) is 0.357. The van der Waals surface area contributed by atoms with Crippen LogP contribution in [0.5, 0.6) is 0 Å². The summed E-state index contributed by atoms with van der Waals surface area (Å²) in [4.78, 5) is 1.31. The summed E-state index contributed by atoms with van der Waals surface area (Å²) in [5, 5.41) is 14.7. The number of aryl methyl sites for hydroxylation is 1. The van der Waals surface area contributed by atoms with Gasteiger partial charge < -0.3 is 5.11 Å². The van der Waals surface area contributed by atoms with Crippen LogP contribution in [0.15, 0.2) is 41.6 Å². The second-order valence-electron chi connectivity index (χ2n) is 4.76. The zero-order valence-electron chi connectivity index (χ0n) is 10.3. The molecule has 94 valence electrons. The lowest BCUT2D eigenvalue weighted by atomic mass is 10.0. The van der Waals surface area contributed by atoms with Crippen LogP contribution in [-0.4, -0.2) is 26.2 Å². The van der Waals surface area contributed by atoms with Gasteiger partial charge in [-0.05, 0) is 23.6 Å². The first-order valence-electron chi connectivity index (χ1n) is 6.12. The average molecular weight is 260 g/mol. The molecule has 4 heteroatoms. The Bertz CT molecular complexity index is 527. The summed E-state index contributed by atoms with van der Waals surface area (Å²) in [5.41, 5.74) is 2.46. The molecule has 0 saturated carbocycles. The first kappa shape index (κ1) is 11.8. The Labute approximate surface area is 111 Å². The zero-order chi connectivity index (χ0) is 12.5. The number of benzene rings is 1. The van der Waals surface area contributed by atoms with E-state index < -0.39 is 0 Å². The number of aromatic nitrogens is 2. The van der Waals surface area contributed by atoms with Crippen molar-refractivity contribution in [1.29, 1.82) is 0 Å². The molecule has 1 aliphatic rings. The molecule has 2 heterocycles. The lowest BCUT2D eigenvalue weighted by Crippen LogP contribution is -2.24. The molecule has 18 heavy (non-hydrogen) atoms. The molecule has 0 amide bonds. The van der Waals surface area contributed by atoms with Gasteiger partial charge in [-0.15, -0.1) is 11.8 Å². The summed E-state index contributed by atoms with van der Waals surface area (Å²) in [6.07, 6.45) is 5.12. The van der Waals surface area contributed by atoms with Crippen LogP contribution in [0.2, 0.25) is 0 Å². The van der Waals surface area contributed by atoms with E-state index in [1.807, 2.05) is 19.4 Å². The highest BCUT2D eigenvalue weighted by Crippen LogP contribution is 2.38. The summed E-state index contributed by atoms with van der Waals surface area (Å²) in [5.74, 6) is 0. The molecule has 1 aromatic heterocycles. The van der Waals surface area contributed by atoms with Gasteiger partial charge in [0.2, 0.25) is 0 Å². The molecular formula is C14H16N2OS. The SMILES string of the molecule is Cn1cc(CC(O)C2Cc3ccccc3S2)cn1. The predicted octanol–water partition coefficient (Wildman–Crippen LogP) is 2.04. The second-order valence-corrected chi connectivity index (χ2v) is 6.04. The monoisotopic (exact) mass is 260 g/mol. The highest BCUT2D eigenvalue weighted by molar-refractivity contribution is 8.00. The summed E-state index contributed by atoms with van der Waals surface area (Å²) in [6, 6.07) is 8.41. The van der Waals surface area contributed by atoms with Gasteiger partial charge in [0.25, 0.3) is 0 Å². The first-order valence-corrected chi connectivity index (χ1v) is 7.00. The van der Waals surface area contributed by atoms with Crippen LogP contribution in [-0.2, 0) is 19.9 Å². The lowest BCUT2D eigenvalue weighted by Gasteiger charge is -2.15. The summed E-state index contributed by atoms with van der Waals surface area (Å²) in [7, 11) is 1.90. The molecule has 0 saturated heterocycles. The maximum atomic E-state index is 10.3. The van der Waals surface area contributed by atoms with Gasteiger partial charge in [-0.3, -0.25) is 4.68 Å². The van der Waals surface area contributed by atoms with Gasteiger partial charge in [-0.25, -0.2) is 0 Å². The fourth-order valence-electron chi connectivity index (χ4n) is 2.37. The van der Waals surface area contributed by atoms with E-state index in [2.05, 4.69) is 29.4 Å². The molecule has 0 bridgehead atoms. The third-order valence-electron chi connectivity index (χ3n) is 3.30. The molecule has 0 fully saturated rings. The van der Waals surface area contributed by atoms with Crippen molar-refractivity contribution in [3.63, 3.8) is 0 Å². The van der Waals surface area contributed by atoms with Crippen LogP contribution in [0.25, 0.3) is 0 Å². The molecule has 3 rings (SSSR count). The van der Waals surface area contributed by atoms with Gasteiger partial charge in [-0.1, -0.05) is 18.2 Å². The van der Waals surface area contributed by atoms with Crippen molar-refractivity contribution < 1.29 is 5.11 Å².